The lowest BCUT2D eigenvalue weighted by Gasteiger charge is -2.35. The molecular formula is C31H41NO4. The third-order valence-corrected chi connectivity index (χ3v) is 7.64. The Morgan fingerprint density at radius 2 is 1.72 bits per heavy atom. The molecule has 5 nitrogen and oxygen atoms in total. The number of ether oxygens (including phenoxy) is 1. The summed E-state index contributed by atoms with van der Waals surface area (Å²) < 4.78 is 12.4. The number of nitrogens with zero attached hydrogens (tertiary/aromatic N) is 1. The highest BCUT2D eigenvalue weighted by Crippen LogP contribution is 2.41. The van der Waals surface area contributed by atoms with Gasteiger partial charge in [-0.2, -0.15) is 0 Å². The van der Waals surface area contributed by atoms with E-state index in [1.165, 1.54) is 27.8 Å². The molecule has 2 atom stereocenters. The number of likely N-dealkylation sites (N-methyl/N-ethyl adjacent to an activating group) is 1. The van der Waals surface area contributed by atoms with Crippen molar-refractivity contribution in [2.24, 2.45) is 0 Å². The highest BCUT2D eigenvalue weighted by molar-refractivity contribution is 5.91. The van der Waals surface area contributed by atoms with Crippen LogP contribution in [0.25, 0.3) is 0 Å². The van der Waals surface area contributed by atoms with Crippen molar-refractivity contribution >= 4 is 5.91 Å². The van der Waals surface area contributed by atoms with Crippen LogP contribution in [0.3, 0.4) is 0 Å². The molecule has 0 bridgehead atoms. The Kier molecular flexibility index (Phi) is 8.04. The van der Waals surface area contributed by atoms with E-state index < -0.39 is 12.1 Å². The molecule has 1 aromatic heterocycles. The quantitative estimate of drug-likeness (QED) is 0.415. The predicted octanol–water partition coefficient (Wildman–Crippen LogP) is 6.73. The summed E-state index contributed by atoms with van der Waals surface area (Å²) >= 11 is 0. The minimum Gasteiger partial charge on any atom is -0.487 e. The lowest BCUT2D eigenvalue weighted by atomic mass is 9.84. The molecule has 0 radical (unpaired) electrons. The van der Waals surface area contributed by atoms with E-state index in [0.29, 0.717) is 6.42 Å². The van der Waals surface area contributed by atoms with E-state index in [2.05, 4.69) is 34.6 Å². The Hall–Kier alpha value is -3.05. The number of benzene rings is 2. The molecule has 0 saturated carbocycles. The van der Waals surface area contributed by atoms with Crippen LogP contribution in [0.2, 0.25) is 0 Å². The lowest BCUT2D eigenvalue weighted by molar-refractivity contribution is 0.0460. The average molecular weight is 492 g/mol. The number of aliphatic hydroxyl groups is 1. The topological polar surface area (TPSA) is 62.9 Å². The number of carbonyl (C=O) groups is 1. The molecule has 2 heterocycles. The van der Waals surface area contributed by atoms with Gasteiger partial charge in [0.2, 0.25) is 0 Å². The first kappa shape index (κ1) is 27.5. The van der Waals surface area contributed by atoms with Crippen LogP contribution in [-0.4, -0.2) is 34.6 Å². The second-order valence-corrected chi connectivity index (χ2v) is 10.5. The molecule has 1 N–H and O–H groups in total. The number of hydrogen-bond acceptors (Lipinski definition) is 4. The maximum absolute atomic E-state index is 13.1. The van der Waals surface area contributed by atoms with Gasteiger partial charge < -0.3 is 19.2 Å². The van der Waals surface area contributed by atoms with Crippen molar-refractivity contribution in [3.05, 3.63) is 87.4 Å². The van der Waals surface area contributed by atoms with Gasteiger partial charge in [0.1, 0.15) is 17.1 Å². The maximum Gasteiger partial charge on any atom is 0.289 e. The summed E-state index contributed by atoms with van der Waals surface area (Å²) in [6.45, 7) is 12.6. The molecule has 4 rings (SSSR count). The second-order valence-electron chi connectivity index (χ2n) is 10.5. The second kappa shape index (κ2) is 10.5. The van der Waals surface area contributed by atoms with Crippen LogP contribution in [0.5, 0.6) is 5.75 Å². The third kappa shape index (κ3) is 5.22. The van der Waals surface area contributed by atoms with Crippen LogP contribution in [0.4, 0.5) is 0 Å². The number of aliphatic hydroxyl groups excluding tert-OH is 1. The highest BCUT2D eigenvalue weighted by atomic mass is 16.5. The Morgan fingerprint density at radius 1 is 1.06 bits per heavy atom. The molecule has 0 unspecified atom stereocenters. The SMILES string of the molecule is C.Cc1c(C)c2c(c(C)c1Cc1ccc(C(=O)N(C)[C@@H](C)[C@H](O)c3ccccc3)o1)CCC(C)(C)O2. The van der Waals surface area contributed by atoms with Gasteiger partial charge in [-0.15, -0.1) is 0 Å². The van der Waals surface area contributed by atoms with Gasteiger partial charge >= 0.3 is 0 Å². The molecule has 1 amide bonds. The van der Waals surface area contributed by atoms with Crippen molar-refractivity contribution in [3.8, 4) is 5.75 Å². The molecule has 1 aliphatic rings. The number of hydrogen-bond donors (Lipinski definition) is 1. The van der Waals surface area contributed by atoms with Crippen LogP contribution in [0.1, 0.15) is 90.4 Å². The molecule has 36 heavy (non-hydrogen) atoms. The fourth-order valence-electron chi connectivity index (χ4n) is 4.98. The van der Waals surface area contributed by atoms with Gasteiger partial charge in [0.15, 0.2) is 5.76 Å². The van der Waals surface area contributed by atoms with Crippen molar-refractivity contribution in [3.63, 3.8) is 0 Å². The summed E-state index contributed by atoms with van der Waals surface area (Å²) in [6.07, 6.45) is 1.82. The summed E-state index contributed by atoms with van der Waals surface area (Å²) in [6, 6.07) is 12.6. The number of amides is 1. The van der Waals surface area contributed by atoms with Crippen molar-refractivity contribution < 1.29 is 19.1 Å². The van der Waals surface area contributed by atoms with Gasteiger partial charge in [0.05, 0.1) is 12.1 Å². The van der Waals surface area contributed by atoms with Gasteiger partial charge in [-0.25, -0.2) is 0 Å². The van der Waals surface area contributed by atoms with E-state index in [9.17, 15) is 9.90 Å². The molecule has 0 spiro atoms. The Labute approximate surface area is 216 Å². The molecule has 2 aromatic carbocycles. The molecule has 0 fully saturated rings. The molecule has 5 heteroatoms. The fourth-order valence-corrected chi connectivity index (χ4v) is 4.98. The van der Waals surface area contributed by atoms with E-state index in [0.717, 1.165) is 29.9 Å². The summed E-state index contributed by atoms with van der Waals surface area (Å²) in [5, 5.41) is 10.7. The normalized spacial score (nSPS) is 15.8. The monoisotopic (exact) mass is 491 g/mol. The summed E-state index contributed by atoms with van der Waals surface area (Å²) in [7, 11) is 1.70. The third-order valence-electron chi connectivity index (χ3n) is 7.64. The fraction of sp³-hybridized carbons (Fsp3) is 0.452. The largest absolute Gasteiger partial charge is 0.487 e. The Morgan fingerprint density at radius 3 is 2.39 bits per heavy atom. The number of rotatable bonds is 6. The van der Waals surface area contributed by atoms with E-state index in [4.69, 9.17) is 9.15 Å². The summed E-state index contributed by atoms with van der Waals surface area (Å²) in [4.78, 5) is 14.7. The number of carbonyl (C=O) groups excluding carboxylic acids is 1. The van der Waals surface area contributed by atoms with Crippen LogP contribution < -0.4 is 4.74 Å². The Bertz CT molecular complexity index is 1230. The molecule has 0 aliphatic carbocycles. The molecule has 0 saturated heterocycles. The predicted molar refractivity (Wildman–Crippen MR) is 145 cm³/mol. The first-order valence-electron chi connectivity index (χ1n) is 12.4. The van der Waals surface area contributed by atoms with Gasteiger partial charge in [-0.3, -0.25) is 4.79 Å². The highest BCUT2D eigenvalue weighted by Gasteiger charge is 2.31. The molecule has 1 aliphatic heterocycles. The zero-order valence-corrected chi connectivity index (χ0v) is 21.9. The standard InChI is InChI=1S/C30H37NO4.CH4/c1-18-19(2)28-24(15-16-30(5,6)35-28)20(3)25(18)17-23-13-14-26(34-23)29(33)31(7)21(4)27(32)22-11-9-8-10-12-22;/h8-14,21,27,32H,15-17H2,1-7H3;1H4/t21-,27-;/m0./s1. The van der Waals surface area contributed by atoms with Crippen LogP contribution in [0, 0.1) is 20.8 Å². The van der Waals surface area contributed by atoms with Gasteiger partial charge in [-0.1, -0.05) is 37.8 Å². The van der Waals surface area contributed by atoms with E-state index in [-0.39, 0.29) is 24.7 Å². The van der Waals surface area contributed by atoms with Crippen molar-refractivity contribution in [2.75, 3.05) is 7.05 Å². The summed E-state index contributed by atoms with van der Waals surface area (Å²) in [5.74, 6) is 1.82. The maximum atomic E-state index is 13.1. The minimum atomic E-state index is -0.782. The zero-order chi connectivity index (χ0) is 25.5. The first-order valence-corrected chi connectivity index (χ1v) is 12.4. The van der Waals surface area contributed by atoms with Crippen LogP contribution in [-0.2, 0) is 12.8 Å². The van der Waals surface area contributed by atoms with Crippen LogP contribution >= 0.6 is 0 Å². The average Bonchev–Trinajstić information content (AvgIpc) is 3.32. The van der Waals surface area contributed by atoms with Gasteiger partial charge in [0.25, 0.3) is 5.91 Å². The van der Waals surface area contributed by atoms with Crippen LogP contribution in [0.15, 0.2) is 46.9 Å². The van der Waals surface area contributed by atoms with Crippen molar-refractivity contribution in [1.82, 2.24) is 4.90 Å². The zero-order valence-electron chi connectivity index (χ0n) is 21.9. The lowest BCUT2D eigenvalue weighted by Crippen LogP contribution is -2.38. The molecule has 194 valence electrons. The van der Waals surface area contributed by atoms with Gasteiger partial charge in [0, 0.05) is 13.5 Å². The number of fused-ring (bicyclic) bond motifs is 1. The number of furan rings is 1. The Balaban J connectivity index is 0.00000361. The van der Waals surface area contributed by atoms with E-state index in [1.807, 2.05) is 43.3 Å². The molecule has 3 aromatic rings. The van der Waals surface area contributed by atoms with Crippen molar-refractivity contribution in [2.45, 2.75) is 86.0 Å². The molecular weight excluding hydrogens is 450 g/mol. The van der Waals surface area contributed by atoms with Gasteiger partial charge in [-0.05, 0) is 99.9 Å². The smallest absolute Gasteiger partial charge is 0.289 e. The van der Waals surface area contributed by atoms with E-state index >= 15 is 0 Å². The summed E-state index contributed by atoms with van der Waals surface area (Å²) in [5.41, 5.74) is 6.79. The minimum absolute atomic E-state index is 0. The first-order chi connectivity index (χ1) is 16.5. The van der Waals surface area contributed by atoms with E-state index in [1.54, 1.807) is 18.0 Å². The van der Waals surface area contributed by atoms with Crippen molar-refractivity contribution in [1.29, 1.82) is 0 Å².